The van der Waals surface area contributed by atoms with E-state index in [0.717, 1.165) is 23.1 Å². The number of hydrogen-bond acceptors (Lipinski definition) is 3. The van der Waals surface area contributed by atoms with Crippen LogP contribution in [0.5, 0.6) is 0 Å². The van der Waals surface area contributed by atoms with E-state index in [4.69, 9.17) is 11.6 Å². The van der Waals surface area contributed by atoms with Crippen molar-refractivity contribution in [2.75, 3.05) is 12.4 Å². The molecule has 1 aromatic heterocycles. The van der Waals surface area contributed by atoms with Gasteiger partial charge in [0.2, 0.25) is 0 Å². The van der Waals surface area contributed by atoms with Gasteiger partial charge in [-0.15, -0.1) is 0 Å². The van der Waals surface area contributed by atoms with Crippen LogP contribution in [0, 0.1) is 0 Å². The lowest BCUT2D eigenvalue weighted by atomic mass is 10.0. The standard InChI is InChI=1S/C13H11ClN2O/c1-15-12-5-3-2-4-10(12)9-6-7-16-13(14)11(9)8-17/h2-8,15H,1H3. The van der Waals surface area contributed by atoms with Crippen molar-refractivity contribution in [1.82, 2.24) is 4.98 Å². The monoisotopic (exact) mass is 246 g/mol. The molecule has 2 aromatic rings. The average molecular weight is 247 g/mol. The zero-order valence-electron chi connectivity index (χ0n) is 9.27. The Bertz CT molecular complexity index is 555. The van der Waals surface area contributed by atoms with Gasteiger partial charge in [-0.3, -0.25) is 4.79 Å². The summed E-state index contributed by atoms with van der Waals surface area (Å²) in [6.07, 6.45) is 2.33. The van der Waals surface area contributed by atoms with Crippen molar-refractivity contribution in [3.05, 3.63) is 47.2 Å². The molecule has 86 valence electrons. The molecule has 0 aliphatic carbocycles. The highest BCUT2D eigenvalue weighted by molar-refractivity contribution is 6.32. The highest BCUT2D eigenvalue weighted by atomic mass is 35.5. The van der Waals surface area contributed by atoms with Crippen LogP contribution in [0.3, 0.4) is 0 Å². The lowest BCUT2D eigenvalue weighted by Gasteiger charge is -2.11. The highest BCUT2D eigenvalue weighted by Crippen LogP contribution is 2.31. The molecule has 0 saturated heterocycles. The van der Waals surface area contributed by atoms with E-state index in [2.05, 4.69) is 10.3 Å². The minimum absolute atomic E-state index is 0.225. The number of nitrogens with one attached hydrogen (secondary N) is 1. The van der Waals surface area contributed by atoms with Gasteiger partial charge in [-0.1, -0.05) is 29.8 Å². The summed E-state index contributed by atoms with van der Waals surface area (Å²) in [5.41, 5.74) is 3.07. The number of nitrogens with zero attached hydrogens (tertiary/aromatic N) is 1. The molecule has 4 heteroatoms. The number of rotatable bonds is 3. The topological polar surface area (TPSA) is 42.0 Å². The molecular weight excluding hydrogens is 236 g/mol. The molecule has 0 bridgehead atoms. The van der Waals surface area contributed by atoms with E-state index in [1.807, 2.05) is 31.3 Å². The van der Waals surface area contributed by atoms with E-state index in [1.54, 1.807) is 12.3 Å². The molecule has 0 aliphatic heterocycles. The van der Waals surface area contributed by atoms with Gasteiger partial charge in [0.05, 0.1) is 5.56 Å². The molecule has 3 nitrogen and oxygen atoms in total. The van der Waals surface area contributed by atoms with Crippen LogP contribution in [0.4, 0.5) is 5.69 Å². The van der Waals surface area contributed by atoms with E-state index in [1.165, 1.54) is 0 Å². The lowest BCUT2D eigenvalue weighted by Crippen LogP contribution is -1.96. The van der Waals surface area contributed by atoms with Crippen LogP contribution in [0.1, 0.15) is 10.4 Å². The molecule has 0 amide bonds. The maximum Gasteiger partial charge on any atom is 0.153 e. The Morgan fingerprint density at radius 3 is 2.71 bits per heavy atom. The number of carbonyl (C=O) groups excluding carboxylic acids is 1. The first kappa shape index (κ1) is 11.6. The third-order valence-electron chi connectivity index (χ3n) is 2.55. The molecule has 2 rings (SSSR count). The molecule has 0 fully saturated rings. The maximum atomic E-state index is 11.1. The third kappa shape index (κ3) is 2.15. The second-order valence-electron chi connectivity index (χ2n) is 3.48. The Morgan fingerprint density at radius 1 is 1.24 bits per heavy atom. The summed E-state index contributed by atoms with van der Waals surface area (Å²) in [6, 6.07) is 9.51. The Hall–Kier alpha value is -1.87. The zero-order chi connectivity index (χ0) is 12.3. The number of anilines is 1. The number of hydrogen-bond donors (Lipinski definition) is 1. The van der Waals surface area contributed by atoms with Gasteiger partial charge in [-0.2, -0.15) is 0 Å². The first-order valence-electron chi connectivity index (χ1n) is 5.14. The predicted octanol–water partition coefficient (Wildman–Crippen LogP) is 3.26. The van der Waals surface area contributed by atoms with Crippen molar-refractivity contribution >= 4 is 23.6 Å². The lowest BCUT2D eigenvalue weighted by molar-refractivity contribution is 0.112. The van der Waals surface area contributed by atoms with Crippen molar-refractivity contribution in [2.45, 2.75) is 0 Å². The second-order valence-corrected chi connectivity index (χ2v) is 3.83. The summed E-state index contributed by atoms with van der Waals surface area (Å²) in [5.74, 6) is 0. The molecule has 1 aromatic carbocycles. The summed E-state index contributed by atoms with van der Waals surface area (Å²) >= 11 is 5.91. The van der Waals surface area contributed by atoms with Crippen LogP contribution in [-0.4, -0.2) is 18.3 Å². The molecular formula is C13H11ClN2O. The van der Waals surface area contributed by atoms with E-state index in [9.17, 15) is 4.79 Å². The van der Waals surface area contributed by atoms with Gasteiger partial charge in [0.25, 0.3) is 0 Å². The Kier molecular flexibility index (Phi) is 3.40. The molecule has 0 atom stereocenters. The number of carbonyl (C=O) groups is 1. The second kappa shape index (κ2) is 4.97. The van der Waals surface area contributed by atoms with E-state index in [-0.39, 0.29) is 5.15 Å². The maximum absolute atomic E-state index is 11.1. The molecule has 17 heavy (non-hydrogen) atoms. The average Bonchev–Trinajstić information content (AvgIpc) is 2.38. The van der Waals surface area contributed by atoms with Crippen LogP contribution in [0.15, 0.2) is 36.5 Å². The fraction of sp³-hybridized carbons (Fsp3) is 0.0769. The molecule has 1 N–H and O–H groups in total. The fourth-order valence-corrected chi connectivity index (χ4v) is 1.93. The van der Waals surface area contributed by atoms with E-state index >= 15 is 0 Å². The fourth-order valence-electron chi connectivity index (χ4n) is 1.73. The smallest absolute Gasteiger partial charge is 0.153 e. The van der Waals surface area contributed by atoms with Gasteiger partial charge in [0, 0.05) is 24.5 Å². The summed E-state index contributed by atoms with van der Waals surface area (Å²) in [7, 11) is 1.84. The first-order chi connectivity index (χ1) is 8.27. The number of pyridine rings is 1. The molecule has 0 spiro atoms. The van der Waals surface area contributed by atoms with Crippen LogP contribution in [0.2, 0.25) is 5.15 Å². The van der Waals surface area contributed by atoms with Crippen LogP contribution in [-0.2, 0) is 0 Å². The third-order valence-corrected chi connectivity index (χ3v) is 2.85. The Balaban J connectivity index is 2.68. The van der Waals surface area contributed by atoms with Gasteiger partial charge in [0.15, 0.2) is 6.29 Å². The van der Waals surface area contributed by atoms with Gasteiger partial charge in [-0.25, -0.2) is 4.98 Å². The molecule has 0 unspecified atom stereocenters. The predicted molar refractivity (Wildman–Crippen MR) is 69.6 cm³/mol. The first-order valence-corrected chi connectivity index (χ1v) is 5.52. The number of aldehydes is 1. The van der Waals surface area contributed by atoms with Gasteiger partial charge < -0.3 is 5.32 Å². The Labute approximate surface area is 104 Å². The zero-order valence-corrected chi connectivity index (χ0v) is 10.0. The summed E-state index contributed by atoms with van der Waals surface area (Å²) in [6.45, 7) is 0. The van der Waals surface area contributed by atoms with Crippen LogP contribution >= 0.6 is 11.6 Å². The number of halogens is 1. The molecule has 0 saturated carbocycles. The van der Waals surface area contributed by atoms with E-state index < -0.39 is 0 Å². The van der Waals surface area contributed by atoms with Crippen molar-refractivity contribution in [2.24, 2.45) is 0 Å². The number of aromatic nitrogens is 1. The number of benzene rings is 1. The molecule has 1 heterocycles. The molecule has 0 radical (unpaired) electrons. The SMILES string of the molecule is CNc1ccccc1-c1ccnc(Cl)c1C=O. The van der Waals surface area contributed by atoms with Crippen molar-refractivity contribution in [1.29, 1.82) is 0 Å². The van der Waals surface area contributed by atoms with Gasteiger partial charge in [-0.05, 0) is 17.7 Å². The van der Waals surface area contributed by atoms with Crippen molar-refractivity contribution < 1.29 is 4.79 Å². The van der Waals surface area contributed by atoms with Gasteiger partial charge >= 0.3 is 0 Å². The van der Waals surface area contributed by atoms with Crippen LogP contribution in [0.25, 0.3) is 11.1 Å². The summed E-state index contributed by atoms with van der Waals surface area (Å²) in [5, 5.41) is 3.31. The number of para-hydroxylation sites is 1. The largest absolute Gasteiger partial charge is 0.388 e. The van der Waals surface area contributed by atoms with Crippen LogP contribution < -0.4 is 5.32 Å². The Morgan fingerprint density at radius 2 is 2.00 bits per heavy atom. The summed E-state index contributed by atoms with van der Waals surface area (Å²) < 4.78 is 0. The summed E-state index contributed by atoms with van der Waals surface area (Å²) in [4.78, 5) is 15.0. The minimum Gasteiger partial charge on any atom is -0.388 e. The van der Waals surface area contributed by atoms with E-state index in [0.29, 0.717) is 5.56 Å². The van der Waals surface area contributed by atoms with Crippen molar-refractivity contribution in [3.63, 3.8) is 0 Å². The molecule has 0 aliphatic rings. The van der Waals surface area contributed by atoms with Crippen molar-refractivity contribution in [3.8, 4) is 11.1 Å². The highest BCUT2D eigenvalue weighted by Gasteiger charge is 2.11. The van der Waals surface area contributed by atoms with Gasteiger partial charge in [0.1, 0.15) is 5.15 Å². The minimum atomic E-state index is 0.225. The normalized spacial score (nSPS) is 10.0. The quantitative estimate of drug-likeness (QED) is 0.668.